The van der Waals surface area contributed by atoms with Crippen molar-refractivity contribution in [1.29, 1.82) is 0 Å². The topological polar surface area (TPSA) is 84.9 Å². The molecule has 8 heteroatoms. The Bertz CT molecular complexity index is 1020. The van der Waals surface area contributed by atoms with Gasteiger partial charge in [0.05, 0.1) is 23.9 Å². The number of hydrogen-bond donors (Lipinski definition) is 1. The van der Waals surface area contributed by atoms with Gasteiger partial charge in [0.1, 0.15) is 18.2 Å². The Balaban J connectivity index is 1.97. The van der Waals surface area contributed by atoms with Crippen LogP contribution in [0.2, 0.25) is 0 Å². The second kappa shape index (κ2) is 9.42. The van der Waals surface area contributed by atoms with Crippen molar-refractivity contribution in [2.24, 2.45) is 0 Å². The average molecular weight is 426 g/mol. The summed E-state index contributed by atoms with van der Waals surface area (Å²) in [6, 6.07) is 10.8. The number of hydrogen-bond acceptors (Lipinski definition) is 5. The molecule has 2 amide bonds. The minimum absolute atomic E-state index is 0.0651. The molecule has 0 fully saturated rings. The van der Waals surface area contributed by atoms with Crippen LogP contribution in [-0.4, -0.2) is 42.9 Å². The largest absolute Gasteiger partial charge is 0.487 e. The first-order chi connectivity index (χ1) is 14.8. The third kappa shape index (κ3) is 4.91. The Morgan fingerprint density at radius 1 is 1.10 bits per heavy atom. The molecule has 2 aromatic carbocycles. The van der Waals surface area contributed by atoms with Crippen LogP contribution in [0.15, 0.2) is 59.8 Å². The minimum atomic E-state index is -0.818. The highest BCUT2D eigenvalue weighted by molar-refractivity contribution is 5.95. The number of Topliss-reactive ketones (excluding diaryl/α,β-unsaturated/α-hetero) is 1. The molecule has 0 saturated heterocycles. The molecule has 1 aliphatic rings. The molecule has 1 heterocycles. The molecular weight excluding hydrogens is 403 g/mol. The van der Waals surface area contributed by atoms with E-state index in [1.54, 1.807) is 31.2 Å². The number of likely N-dealkylation sites (N-methyl/N-ethyl adjacent to an activating group) is 1. The molecule has 0 spiro atoms. The molecule has 31 heavy (non-hydrogen) atoms. The summed E-state index contributed by atoms with van der Waals surface area (Å²) in [7, 11) is 1.52. The SMILES string of the molecule is CCOC(=O)C1=C(COc2ccc(C(C)=O)cc2)N(C)C(=O)NC1c1ccc(F)cc1. The summed E-state index contributed by atoms with van der Waals surface area (Å²) < 4.78 is 24.4. The number of nitrogens with zero attached hydrogens (tertiary/aromatic N) is 1. The summed E-state index contributed by atoms with van der Waals surface area (Å²) in [6.07, 6.45) is 0. The zero-order valence-corrected chi connectivity index (χ0v) is 17.5. The van der Waals surface area contributed by atoms with Crippen molar-refractivity contribution < 1.29 is 28.2 Å². The van der Waals surface area contributed by atoms with E-state index >= 15 is 0 Å². The summed E-state index contributed by atoms with van der Waals surface area (Å²) in [5.41, 5.74) is 1.61. The smallest absolute Gasteiger partial charge is 0.338 e. The Morgan fingerprint density at radius 2 is 1.74 bits per heavy atom. The van der Waals surface area contributed by atoms with Gasteiger partial charge in [0.15, 0.2) is 5.78 Å². The molecule has 0 radical (unpaired) electrons. The quantitative estimate of drug-likeness (QED) is 0.540. The van der Waals surface area contributed by atoms with E-state index in [1.165, 1.54) is 43.1 Å². The van der Waals surface area contributed by atoms with Gasteiger partial charge in [-0.3, -0.25) is 9.69 Å². The number of halogens is 1. The number of urea groups is 1. The molecule has 3 rings (SSSR count). The van der Waals surface area contributed by atoms with Crippen molar-refractivity contribution in [2.45, 2.75) is 19.9 Å². The first-order valence-electron chi connectivity index (χ1n) is 9.75. The highest BCUT2D eigenvalue weighted by Crippen LogP contribution is 2.31. The Morgan fingerprint density at radius 3 is 2.32 bits per heavy atom. The Kier molecular flexibility index (Phi) is 6.69. The number of esters is 1. The molecular formula is C23H23FN2O5. The van der Waals surface area contributed by atoms with E-state index in [1.807, 2.05) is 0 Å². The molecule has 1 aliphatic heterocycles. The molecule has 0 aliphatic carbocycles. The lowest BCUT2D eigenvalue weighted by molar-refractivity contribution is -0.139. The third-order valence-corrected chi connectivity index (χ3v) is 4.91. The number of nitrogens with one attached hydrogen (secondary N) is 1. The molecule has 162 valence electrons. The van der Waals surface area contributed by atoms with Crippen LogP contribution in [0.25, 0.3) is 0 Å². The highest BCUT2D eigenvalue weighted by atomic mass is 19.1. The van der Waals surface area contributed by atoms with Crippen molar-refractivity contribution in [2.75, 3.05) is 20.3 Å². The fourth-order valence-corrected chi connectivity index (χ4v) is 3.22. The maximum absolute atomic E-state index is 13.4. The molecule has 1 unspecified atom stereocenters. The fourth-order valence-electron chi connectivity index (χ4n) is 3.22. The number of carbonyl (C=O) groups is 3. The van der Waals surface area contributed by atoms with E-state index < -0.39 is 23.9 Å². The van der Waals surface area contributed by atoms with Gasteiger partial charge in [0.2, 0.25) is 0 Å². The normalized spacial score (nSPS) is 16.1. The standard InChI is InChI=1S/C23H23FN2O5/c1-4-30-22(28)20-19(13-31-18-11-7-15(8-12-18)14(2)27)26(3)23(29)25-21(20)16-5-9-17(24)10-6-16/h5-12,21H,4,13H2,1-3H3,(H,25,29). The summed E-state index contributed by atoms with van der Waals surface area (Å²) in [5, 5.41) is 2.75. The lowest BCUT2D eigenvalue weighted by Gasteiger charge is -2.34. The van der Waals surface area contributed by atoms with Gasteiger partial charge in [-0.05, 0) is 55.8 Å². The lowest BCUT2D eigenvalue weighted by atomic mass is 9.94. The number of rotatable bonds is 7. The molecule has 0 saturated carbocycles. The summed E-state index contributed by atoms with van der Waals surface area (Å²) in [4.78, 5) is 38.1. The van der Waals surface area contributed by atoms with Crippen LogP contribution in [0.4, 0.5) is 9.18 Å². The van der Waals surface area contributed by atoms with E-state index in [9.17, 15) is 18.8 Å². The molecule has 0 bridgehead atoms. The van der Waals surface area contributed by atoms with Gasteiger partial charge in [0, 0.05) is 12.6 Å². The lowest BCUT2D eigenvalue weighted by Crippen LogP contribution is -2.48. The van der Waals surface area contributed by atoms with Gasteiger partial charge in [-0.25, -0.2) is 14.0 Å². The van der Waals surface area contributed by atoms with Crippen LogP contribution in [0.1, 0.15) is 35.8 Å². The van der Waals surface area contributed by atoms with Crippen LogP contribution >= 0.6 is 0 Å². The summed E-state index contributed by atoms with van der Waals surface area (Å²) >= 11 is 0. The monoisotopic (exact) mass is 426 g/mol. The zero-order valence-electron chi connectivity index (χ0n) is 17.5. The number of ketones is 1. The molecule has 1 N–H and O–H groups in total. The molecule has 1 atom stereocenters. The van der Waals surface area contributed by atoms with E-state index in [-0.39, 0.29) is 24.6 Å². The van der Waals surface area contributed by atoms with Crippen molar-refractivity contribution in [3.8, 4) is 5.75 Å². The molecule has 2 aromatic rings. The fraction of sp³-hybridized carbons (Fsp3) is 0.261. The number of carbonyl (C=O) groups excluding carboxylic acids is 3. The van der Waals surface area contributed by atoms with Gasteiger partial charge in [-0.2, -0.15) is 0 Å². The highest BCUT2D eigenvalue weighted by Gasteiger charge is 2.37. The van der Waals surface area contributed by atoms with Gasteiger partial charge < -0.3 is 14.8 Å². The van der Waals surface area contributed by atoms with Gasteiger partial charge in [-0.15, -0.1) is 0 Å². The van der Waals surface area contributed by atoms with E-state index in [2.05, 4.69) is 5.32 Å². The zero-order chi connectivity index (χ0) is 22.5. The Labute approximate surface area is 179 Å². The number of benzene rings is 2. The van der Waals surface area contributed by atoms with Gasteiger partial charge >= 0.3 is 12.0 Å². The van der Waals surface area contributed by atoms with E-state index in [4.69, 9.17) is 9.47 Å². The molecule has 0 aromatic heterocycles. The second-order valence-corrected chi connectivity index (χ2v) is 6.94. The number of ether oxygens (including phenoxy) is 2. The predicted molar refractivity (Wildman–Crippen MR) is 111 cm³/mol. The third-order valence-electron chi connectivity index (χ3n) is 4.91. The van der Waals surface area contributed by atoms with Crippen molar-refractivity contribution in [3.63, 3.8) is 0 Å². The minimum Gasteiger partial charge on any atom is -0.487 e. The molecule has 7 nitrogen and oxygen atoms in total. The first-order valence-corrected chi connectivity index (χ1v) is 9.75. The van der Waals surface area contributed by atoms with Crippen LogP contribution < -0.4 is 10.1 Å². The van der Waals surface area contributed by atoms with Crippen LogP contribution in [0.3, 0.4) is 0 Å². The van der Waals surface area contributed by atoms with Gasteiger partial charge in [0.25, 0.3) is 0 Å². The van der Waals surface area contributed by atoms with Crippen molar-refractivity contribution in [1.82, 2.24) is 10.2 Å². The van der Waals surface area contributed by atoms with Gasteiger partial charge in [-0.1, -0.05) is 12.1 Å². The van der Waals surface area contributed by atoms with E-state index in [0.717, 1.165) is 0 Å². The second-order valence-electron chi connectivity index (χ2n) is 6.94. The van der Waals surface area contributed by atoms with Crippen LogP contribution in [0, 0.1) is 5.82 Å². The summed E-state index contributed by atoms with van der Waals surface area (Å²) in [5.74, 6) is -0.625. The maximum Gasteiger partial charge on any atom is 0.338 e. The van der Waals surface area contributed by atoms with Crippen molar-refractivity contribution in [3.05, 3.63) is 76.7 Å². The first kappa shape index (κ1) is 22.0. The summed E-state index contributed by atoms with van der Waals surface area (Å²) in [6.45, 7) is 3.21. The van der Waals surface area contributed by atoms with Crippen molar-refractivity contribution >= 4 is 17.8 Å². The Hall–Kier alpha value is -3.68. The average Bonchev–Trinajstić information content (AvgIpc) is 2.75. The van der Waals surface area contributed by atoms with E-state index in [0.29, 0.717) is 22.6 Å². The van der Waals surface area contributed by atoms with Crippen LogP contribution in [-0.2, 0) is 9.53 Å². The van der Waals surface area contributed by atoms with Crippen LogP contribution in [0.5, 0.6) is 5.75 Å². The number of amides is 2. The maximum atomic E-state index is 13.4. The predicted octanol–water partition coefficient (Wildman–Crippen LogP) is 3.62.